The number of carbonyl (C=O) groups is 2. The van der Waals surface area contributed by atoms with Crippen LogP contribution in [0.3, 0.4) is 0 Å². The van der Waals surface area contributed by atoms with Crippen molar-refractivity contribution in [2.24, 2.45) is 5.73 Å². The van der Waals surface area contributed by atoms with Crippen molar-refractivity contribution in [1.82, 2.24) is 10.2 Å². The minimum atomic E-state index is -0.327. The van der Waals surface area contributed by atoms with Gasteiger partial charge in [0, 0.05) is 25.8 Å². The number of anilines is 1. The van der Waals surface area contributed by atoms with Gasteiger partial charge in [0.15, 0.2) is 0 Å². The summed E-state index contributed by atoms with van der Waals surface area (Å²) in [6.07, 6.45) is 0. The Kier molecular flexibility index (Phi) is 5.81. The average molecular weight is 264 g/mol. The number of hydrogen-bond donors (Lipinski definition) is 3. The number of amides is 3. The number of rotatable bonds is 5. The molecule has 0 spiro atoms. The van der Waals surface area contributed by atoms with E-state index in [2.05, 4.69) is 10.6 Å². The summed E-state index contributed by atoms with van der Waals surface area (Å²) in [5, 5.41) is 5.34. The molecule has 1 aromatic carbocycles. The lowest BCUT2D eigenvalue weighted by Gasteiger charge is -2.17. The highest BCUT2D eigenvalue weighted by Crippen LogP contribution is 2.09. The first-order chi connectivity index (χ1) is 9.06. The van der Waals surface area contributed by atoms with E-state index in [-0.39, 0.29) is 18.5 Å². The normalized spacial score (nSPS) is 9.84. The minimum Gasteiger partial charge on any atom is -0.355 e. The molecule has 104 valence electrons. The average Bonchev–Trinajstić information content (AvgIpc) is 2.39. The summed E-state index contributed by atoms with van der Waals surface area (Å²) in [6.45, 7) is 2.87. The zero-order chi connectivity index (χ0) is 14.3. The van der Waals surface area contributed by atoms with Crippen LogP contribution in [0.15, 0.2) is 24.3 Å². The molecular formula is C13H20N4O2. The van der Waals surface area contributed by atoms with Crippen molar-refractivity contribution in [3.8, 4) is 0 Å². The highest BCUT2D eigenvalue weighted by molar-refractivity contribution is 5.92. The lowest BCUT2D eigenvalue weighted by atomic mass is 10.2. The molecule has 6 heteroatoms. The smallest absolute Gasteiger partial charge is 0.322 e. The van der Waals surface area contributed by atoms with E-state index in [1.807, 2.05) is 19.1 Å². The summed E-state index contributed by atoms with van der Waals surface area (Å²) in [5.41, 5.74) is 7.16. The molecule has 4 N–H and O–H groups in total. The number of nitrogens with zero attached hydrogens (tertiary/aromatic N) is 1. The van der Waals surface area contributed by atoms with E-state index in [4.69, 9.17) is 5.73 Å². The minimum absolute atomic E-state index is 0.0283. The van der Waals surface area contributed by atoms with E-state index in [0.29, 0.717) is 18.8 Å². The second-order valence-electron chi connectivity index (χ2n) is 4.14. The van der Waals surface area contributed by atoms with Gasteiger partial charge in [-0.05, 0) is 24.6 Å². The van der Waals surface area contributed by atoms with Gasteiger partial charge in [0.25, 0.3) is 0 Å². The molecule has 0 saturated heterocycles. The lowest BCUT2D eigenvalue weighted by Crippen LogP contribution is -2.40. The number of carbonyl (C=O) groups excluding carboxylic acids is 2. The largest absolute Gasteiger partial charge is 0.355 e. The molecule has 0 radical (unpaired) electrons. The van der Waals surface area contributed by atoms with Crippen LogP contribution in [0.1, 0.15) is 12.5 Å². The van der Waals surface area contributed by atoms with E-state index >= 15 is 0 Å². The summed E-state index contributed by atoms with van der Waals surface area (Å²) >= 11 is 0. The highest BCUT2D eigenvalue weighted by Gasteiger charge is 2.12. The Balaban J connectivity index is 2.51. The molecule has 1 rings (SSSR count). The fourth-order valence-electron chi connectivity index (χ4n) is 1.48. The van der Waals surface area contributed by atoms with Gasteiger partial charge < -0.3 is 21.3 Å². The molecule has 0 aliphatic rings. The Bertz CT molecular complexity index is 431. The summed E-state index contributed by atoms with van der Waals surface area (Å²) in [6, 6.07) is 6.92. The van der Waals surface area contributed by atoms with Crippen molar-refractivity contribution in [3.63, 3.8) is 0 Å². The topological polar surface area (TPSA) is 87.5 Å². The third kappa shape index (κ3) is 4.97. The first kappa shape index (κ1) is 15.0. The van der Waals surface area contributed by atoms with Gasteiger partial charge in [-0.15, -0.1) is 0 Å². The predicted octanol–water partition coefficient (Wildman–Crippen LogP) is 0.745. The zero-order valence-electron chi connectivity index (χ0n) is 11.3. The molecule has 19 heavy (non-hydrogen) atoms. The predicted molar refractivity (Wildman–Crippen MR) is 74.7 cm³/mol. The van der Waals surface area contributed by atoms with E-state index in [1.165, 1.54) is 4.90 Å². The van der Waals surface area contributed by atoms with Crippen molar-refractivity contribution >= 4 is 17.6 Å². The van der Waals surface area contributed by atoms with Gasteiger partial charge in [0.2, 0.25) is 5.91 Å². The SMILES string of the molecule is CCNC(=O)CN(C)C(=O)Nc1ccc(CN)cc1. The van der Waals surface area contributed by atoms with Gasteiger partial charge in [-0.3, -0.25) is 4.79 Å². The molecule has 0 atom stereocenters. The maximum atomic E-state index is 11.8. The van der Waals surface area contributed by atoms with Crippen LogP contribution >= 0.6 is 0 Å². The van der Waals surface area contributed by atoms with Crippen LogP contribution in [0.4, 0.5) is 10.5 Å². The van der Waals surface area contributed by atoms with E-state index < -0.39 is 0 Å². The highest BCUT2D eigenvalue weighted by atomic mass is 16.2. The van der Waals surface area contributed by atoms with Gasteiger partial charge in [0.1, 0.15) is 6.54 Å². The molecule has 0 unspecified atom stereocenters. The van der Waals surface area contributed by atoms with Gasteiger partial charge in [-0.1, -0.05) is 12.1 Å². The van der Waals surface area contributed by atoms with E-state index in [9.17, 15) is 9.59 Å². The van der Waals surface area contributed by atoms with Crippen molar-refractivity contribution in [1.29, 1.82) is 0 Å². The van der Waals surface area contributed by atoms with Crippen LogP contribution in [0.25, 0.3) is 0 Å². The molecule has 6 nitrogen and oxygen atoms in total. The first-order valence-corrected chi connectivity index (χ1v) is 6.14. The summed E-state index contributed by atoms with van der Waals surface area (Å²) in [5.74, 6) is -0.182. The second kappa shape index (κ2) is 7.38. The Morgan fingerprint density at radius 3 is 2.42 bits per heavy atom. The fraction of sp³-hybridized carbons (Fsp3) is 0.385. The van der Waals surface area contributed by atoms with Crippen LogP contribution in [0.2, 0.25) is 0 Å². The van der Waals surface area contributed by atoms with Crippen molar-refractivity contribution in [2.45, 2.75) is 13.5 Å². The van der Waals surface area contributed by atoms with Crippen molar-refractivity contribution < 1.29 is 9.59 Å². The number of likely N-dealkylation sites (N-methyl/N-ethyl adjacent to an activating group) is 2. The van der Waals surface area contributed by atoms with Gasteiger partial charge in [-0.2, -0.15) is 0 Å². The summed E-state index contributed by atoms with van der Waals surface area (Å²) in [7, 11) is 1.57. The maximum Gasteiger partial charge on any atom is 0.322 e. The summed E-state index contributed by atoms with van der Waals surface area (Å²) < 4.78 is 0. The Morgan fingerprint density at radius 1 is 1.26 bits per heavy atom. The van der Waals surface area contributed by atoms with Gasteiger partial charge >= 0.3 is 6.03 Å². The number of hydrogen-bond acceptors (Lipinski definition) is 3. The molecule has 0 aromatic heterocycles. The molecule has 0 saturated carbocycles. The summed E-state index contributed by atoms with van der Waals surface area (Å²) in [4.78, 5) is 24.5. The molecule has 0 aliphatic carbocycles. The fourth-order valence-corrected chi connectivity index (χ4v) is 1.48. The van der Waals surface area contributed by atoms with Crippen molar-refractivity contribution in [3.05, 3.63) is 29.8 Å². The molecule has 3 amide bonds. The molecule has 1 aromatic rings. The number of nitrogens with one attached hydrogen (secondary N) is 2. The number of nitrogens with two attached hydrogens (primary N) is 1. The van der Waals surface area contributed by atoms with Crippen LogP contribution in [-0.2, 0) is 11.3 Å². The quantitative estimate of drug-likeness (QED) is 0.733. The lowest BCUT2D eigenvalue weighted by molar-refractivity contribution is -0.121. The Hall–Kier alpha value is -2.08. The second-order valence-corrected chi connectivity index (χ2v) is 4.14. The third-order valence-electron chi connectivity index (χ3n) is 2.54. The van der Waals surface area contributed by atoms with Crippen LogP contribution in [0.5, 0.6) is 0 Å². The third-order valence-corrected chi connectivity index (χ3v) is 2.54. The molecule has 0 bridgehead atoms. The van der Waals surface area contributed by atoms with Crippen LogP contribution in [0, 0.1) is 0 Å². The Labute approximate surface area is 113 Å². The molecular weight excluding hydrogens is 244 g/mol. The number of benzene rings is 1. The molecule has 0 heterocycles. The van der Waals surface area contributed by atoms with Crippen molar-refractivity contribution in [2.75, 3.05) is 25.5 Å². The van der Waals surface area contributed by atoms with Gasteiger partial charge in [0.05, 0.1) is 0 Å². The van der Waals surface area contributed by atoms with Crippen LogP contribution in [-0.4, -0.2) is 37.0 Å². The van der Waals surface area contributed by atoms with E-state index in [0.717, 1.165) is 5.56 Å². The first-order valence-electron chi connectivity index (χ1n) is 6.14. The maximum absolute atomic E-state index is 11.8. The molecule has 0 aliphatic heterocycles. The molecule has 0 fully saturated rings. The monoisotopic (exact) mass is 264 g/mol. The Morgan fingerprint density at radius 2 is 1.89 bits per heavy atom. The number of urea groups is 1. The van der Waals surface area contributed by atoms with E-state index in [1.54, 1.807) is 19.2 Å². The van der Waals surface area contributed by atoms with Gasteiger partial charge in [-0.25, -0.2) is 4.79 Å². The standard InChI is InChI=1S/C13H20N4O2/c1-3-15-12(18)9-17(2)13(19)16-11-6-4-10(8-14)5-7-11/h4-7H,3,8-9,14H2,1-2H3,(H,15,18)(H,16,19). The zero-order valence-corrected chi connectivity index (χ0v) is 11.3. The van der Waals surface area contributed by atoms with Crippen LogP contribution < -0.4 is 16.4 Å².